The monoisotopic (exact) mass is 378 g/mol. The first-order valence-corrected chi connectivity index (χ1v) is 9.62. The maximum atomic E-state index is 12.1. The number of rotatable bonds is 6. The molecule has 4 nitrogen and oxygen atoms in total. The van der Waals surface area contributed by atoms with E-state index in [9.17, 15) is 4.79 Å². The van der Waals surface area contributed by atoms with E-state index in [2.05, 4.69) is 48.4 Å². The van der Waals surface area contributed by atoms with Crippen molar-refractivity contribution in [1.29, 1.82) is 0 Å². The minimum absolute atomic E-state index is 0.207. The quantitative estimate of drug-likeness (QED) is 0.569. The third kappa shape index (κ3) is 5.05. The van der Waals surface area contributed by atoms with E-state index in [0.717, 1.165) is 22.6 Å². The molecule has 0 aliphatic carbocycles. The Bertz CT molecular complexity index is 926. The molecule has 0 aliphatic rings. The van der Waals surface area contributed by atoms with Crippen LogP contribution in [0.4, 0.5) is 5.13 Å². The minimum atomic E-state index is -0.207. The smallest absolute Gasteiger partial charge is 0.250 e. The minimum Gasteiger partial charge on any atom is -0.497 e. The summed E-state index contributed by atoms with van der Waals surface area (Å²) in [4.78, 5) is 16.6. The lowest BCUT2D eigenvalue weighted by Gasteiger charge is -2.05. The van der Waals surface area contributed by atoms with Crippen molar-refractivity contribution in [2.75, 3.05) is 12.4 Å². The maximum absolute atomic E-state index is 12.1. The molecular weight excluding hydrogens is 356 g/mol. The standard InChI is InChI=1S/C22H22N2O2S/c1-15(2)17-7-9-18(10-8-17)20-14-27-22(23-20)24-21(25)13-6-16-4-11-19(26-3)12-5-16/h4-15H,1-3H3,(H,23,24,25). The number of hydrogen-bond acceptors (Lipinski definition) is 4. The van der Waals surface area contributed by atoms with Crippen molar-refractivity contribution in [3.05, 3.63) is 71.1 Å². The van der Waals surface area contributed by atoms with Crippen LogP contribution in [0.25, 0.3) is 17.3 Å². The van der Waals surface area contributed by atoms with Crippen molar-refractivity contribution in [2.45, 2.75) is 19.8 Å². The van der Waals surface area contributed by atoms with Crippen molar-refractivity contribution in [1.82, 2.24) is 4.98 Å². The van der Waals surface area contributed by atoms with E-state index in [1.807, 2.05) is 29.6 Å². The van der Waals surface area contributed by atoms with Crippen molar-refractivity contribution in [3.8, 4) is 17.0 Å². The molecule has 27 heavy (non-hydrogen) atoms. The molecule has 0 saturated carbocycles. The second kappa shape index (κ2) is 8.64. The first-order chi connectivity index (χ1) is 13.0. The highest BCUT2D eigenvalue weighted by Gasteiger charge is 2.07. The molecule has 0 unspecified atom stereocenters. The SMILES string of the molecule is COc1ccc(C=CC(=O)Nc2nc(-c3ccc(C(C)C)cc3)cs2)cc1. The molecule has 0 radical (unpaired) electrons. The molecule has 1 amide bonds. The van der Waals surface area contributed by atoms with Crippen LogP contribution in [0.1, 0.15) is 30.9 Å². The second-order valence-corrected chi connectivity index (χ2v) is 7.27. The fourth-order valence-electron chi connectivity index (χ4n) is 2.54. The fraction of sp³-hybridized carbons (Fsp3) is 0.182. The Hall–Kier alpha value is -2.92. The van der Waals surface area contributed by atoms with Crippen molar-refractivity contribution >= 4 is 28.5 Å². The van der Waals surface area contributed by atoms with Gasteiger partial charge in [0.15, 0.2) is 5.13 Å². The van der Waals surface area contributed by atoms with Gasteiger partial charge in [-0.2, -0.15) is 0 Å². The Kier molecular flexibility index (Phi) is 6.04. The fourth-order valence-corrected chi connectivity index (χ4v) is 3.26. The number of aromatic nitrogens is 1. The highest BCUT2D eigenvalue weighted by atomic mass is 32.1. The number of thiazole rings is 1. The lowest BCUT2D eigenvalue weighted by molar-refractivity contribution is -0.111. The molecule has 1 N–H and O–H groups in total. The molecule has 3 rings (SSSR count). The van der Waals surface area contributed by atoms with E-state index >= 15 is 0 Å². The zero-order valence-corrected chi connectivity index (χ0v) is 16.4. The van der Waals surface area contributed by atoms with E-state index in [1.165, 1.54) is 23.0 Å². The molecule has 0 aliphatic heterocycles. The van der Waals surface area contributed by atoms with Crippen LogP contribution < -0.4 is 10.1 Å². The third-order valence-electron chi connectivity index (χ3n) is 4.15. The summed E-state index contributed by atoms with van der Waals surface area (Å²) in [5, 5.41) is 5.35. The molecule has 0 saturated heterocycles. The van der Waals surface area contributed by atoms with Gasteiger partial charge in [0.05, 0.1) is 12.8 Å². The molecular formula is C22H22N2O2S. The van der Waals surface area contributed by atoms with E-state index in [1.54, 1.807) is 13.2 Å². The zero-order chi connectivity index (χ0) is 19.2. The van der Waals surface area contributed by atoms with E-state index in [4.69, 9.17) is 4.74 Å². The Balaban J connectivity index is 1.62. The molecule has 138 valence electrons. The number of anilines is 1. The molecule has 0 bridgehead atoms. The van der Waals surface area contributed by atoms with E-state index in [-0.39, 0.29) is 5.91 Å². The molecule has 3 aromatic rings. The summed E-state index contributed by atoms with van der Waals surface area (Å²) in [7, 11) is 1.62. The van der Waals surface area contributed by atoms with Crippen LogP contribution in [0.3, 0.4) is 0 Å². The maximum Gasteiger partial charge on any atom is 0.250 e. The topological polar surface area (TPSA) is 51.2 Å². The average molecular weight is 378 g/mol. The van der Waals surface area contributed by atoms with Crippen molar-refractivity contribution in [3.63, 3.8) is 0 Å². The second-order valence-electron chi connectivity index (χ2n) is 6.41. The lowest BCUT2D eigenvalue weighted by Crippen LogP contribution is -2.07. The van der Waals surface area contributed by atoms with Gasteiger partial charge in [0, 0.05) is 17.0 Å². The van der Waals surface area contributed by atoms with E-state index in [0.29, 0.717) is 11.0 Å². The normalized spacial score (nSPS) is 11.1. The summed E-state index contributed by atoms with van der Waals surface area (Å²) in [5.74, 6) is 1.08. The van der Waals surface area contributed by atoms with Crippen molar-refractivity contribution in [2.24, 2.45) is 0 Å². The van der Waals surface area contributed by atoms with E-state index < -0.39 is 0 Å². The number of carbonyl (C=O) groups is 1. The van der Waals surface area contributed by atoms with Crippen LogP contribution in [-0.2, 0) is 4.79 Å². The van der Waals surface area contributed by atoms with Gasteiger partial charge in [-0.3, -0.25) is 10.1 Å². The summed E-state index contributed by atoms with van der Waals surface area (Å²) < 4.78 is 5.12. The highest BCUT2D eigenvalue weighted by Crippen LogP contribution is 2.26. The first kappa shape index (κ1) is 18.9. The first-order valence-electron chi connectivity index (χ1n) is 8.74. The van der Waals surface area contributed by atoms with Gasteiger partial charge in [-0.15, -0.1) is 11.3 Å². The van der Waals surface area contributed by atoms with Gasteiger partial charge < -0.3 is 4.74 Å². The molecule has 0 atom stereocenters. The van der Waals surface area contributed by atoms with Crippen LogP contribution in [-0.4, -0.2) is 18.0 Å². The number of hydrogen-bond donors (Lipinski definition) is 1. The van der Waals surface area contributed by atoms with Gasteiger partial charge in [0.25, 0.3) is 0 Å². The summed E-state index contributed by atoms with van der Waals surface area (Å²) in [6.07, 6.45) is 3.26. The van der Waals surface area contributed by atoms with Crippen LogP contribution in [0.5, 0.6) is 5.75 Å². The molecule has 1 aromatic heterocycles. The van der Waals surface area contributed by atoms with Gasteiger partial charge in [0.2, 0.25) is 5.91 Å². The predicted molar refractivity (Wildman–Crippen MR) is 112 cm³/mol. The Labute approximate surface area is 163 Å². The zero-order valence-electron chi connectivity index (χ0n) is 15.6. The van der Waals surface area contributed by atoms with Gasteiger partial charge in [-0.25, -0.2) is 4.98 Å². The van der Waals surface area contributed by atoms with Gasteiger partial charge in [-0.1, -0.05) is 50.2 Å². The molecule has 0 spiro atoms. The molecule has 0 fully saturated rings. The summed E-state index contributed by atoms with van der Waals surface area (Å²) in [6.45, 7) is 4.34. The number of nitrogens with one attached hydrogen (secondary N) is 1. The van der Waals surface area contributed by atoms with Gasteiger partial charge >= 0.3 is 0 Å². The van der Waals surface area contributed by atoms with Crippen LogP contribution in [0, 0.1) is 0 Å². The number of methoxy groups -OCH3 is 1. The summed E-state index contributed by atoms with van der Waals surface area (Å²) in [5.41, 5.74) is 4.14. The van der Waals surface area contributed by atoms with Crippen LogP contribution in [0.15, 0.2) is 60.0 Å². The molecule has 2 aromatic carbocycles. The number of amides is 1. The number of nitrogens with zero attached hydrogens (tertiary/aromatic N) is 1. The molecule has 1 heterocycles. The van der Waals surface area contributed by atoms with Gasteiger partial charge in [0.1, 0.15) is 5.75 Å². The predicted octanol–water partition coefficient (Wildman–Crippen LogP) is 5.59. The Morgan fingerprint density at radius 3 is 2.44 bits per heavy atom. The van der Waals surface area contributed by atoms with Crippen molar-refractivity contribution < 1.29 is 9.53 Å². The number of benzene rings is 2. The summed E-state index contributed by atoms with van der Waals surface area (Å²) >= 11 is 1.42. The Morgan fingerprint density at radius 2 is 1.81 bits per heavy atom. The average Bonchev–Trinajstić information content (AvgIpc) is 3.15. The Morgan fingerprint density at radius 1 is 1.11 bits per heavy atom. The largest absolute Gasteiger partial charge is 0.497 e. The highest BCUT2D eigenvalue weighted by molar-refractivity contribution is 7.14. The third-order valence-corrected chi connectivity index (χ3v) is 4.91. The van der Waals surface area contributed by atoms with Crippen LogP contribution in [0.2, 0.25) is 0 Å². The number of carbonyl (C=O) groups excluding carboxylic acids is 1. The summed E-state index contributed by atoms with van der Waals surface area (Å²) in [6, 6.07) is 15.9. The van der Waals surface area contributed by atoms with Crippen LogP contribution >= 0.6 is 11.3 Å². The molecule has 5 heteroatoms. The lowest BCUT2D eigenvalue weighted by atomic mass is 10.0. The van der Waals surface area contributed by atoms with Gasteiger partial charge in [-0.05, 0) is 35.3 Å². The number of ether oxygens (including phenoxy) is 1.